The second-order valence-electron chi connectivity index (χ2n) is 11.3. The first-order valence-electron chi connectivity index (χ1n) is 16.6. The second-order valence-corrected chi connectivity index (χ2v) is 16.3. The largest absolute Gasteiger partial charge is 0.743 e. The molecule has 1 heterocycles. The van der Waals surface area contributed by atoms with E-state index >= 15 is 0 Å². The molecule has 0 atom stereocenters. The van der Waals surface area contributed by atoms with Gasteiger partial charge in [-0.3, -0.25) is 4.18 Å². The van der Waals surface area contributed by atoms with E-state index in [1.807, 2.05) is 0 Å². The molecule has 0 N–H and O–H groups in total. The van der Waals surface area contributed by atoms with E-state index in [-0.39, 0.29) is 29.1 Å². The van der Waals surface area contributed by atoms with E-state index in [4.69, 9.17) is 4.18 Å². The van der Waals surface area contributed by atoms with Crippen LogP contribution in [0.1, 0.15) is 64.2 Å². The number of carbonyl (C=O) groups excluding carboxylic acids is 1. The summed E-state index contributed by atoms with van der Waals surface area (Å²) in [6.45, 7) is -0.266. The number of hydrogen-bond acceptors (Lipinski definition) is 9. The number of unbranched alkanes of at least 4 members (excludes halogenated alkanes) is 9. The van der Waals surface area contributed by atoms with E-state index in [1.165, 1.54) is 26.9 Å². The van der Waals surface area contributed by atoms with Gasteiger partial charge in [-0.05, 0) is 61.4 Å². The minimum atomic E-state index is -6.08. The van der Waals surface area contributed by atoms with Gasteiger partial charge in [-0.25, -0.2) is 18.2 Å². The van der Waals surface area contributed by atoms with Crippen molar-refractivity contribution in [3.8, 4) is 0 Å². The summed E-state index contributed by atoms with van der Waals surface area (Å²) in [5.74, 6) is -2.34. The predicted octanol–water partition coefficient (Wildman–Crippen LogP) is 8.15. The molecule has 0 fully saturated rings. The highest BCUT2D eigenvalue weighted by atomic mass is 32.2. The third kappa shape index (κ3) is 14.5. The summed E-state index contributed by atoms with van der Waals surface area (Å²) in [5.41, 5.74) is 0. The topological polar surface area (TPSA) is 140 Å². The van der Waals surface area contributed by atoms with E-state index in [0.717, 1.165) is 44.9 Å². The standard InChI is InChI=1S/C19H29F2NO8S2.C18H15S/c20-19(21,32(26,27)28)18(23)29-15-11-7-5-3-1-2-4-6-8-12-16-30-31(24,25)17-13-9-10-14-22-17;1-4-10-16(11-5-1)19(17-12-6-2-7-13-17)18-14-8-3-9-15-18/h9-10,13-14H,1-8,11-12,15-16H2,(H,26,27,28);1-15H/q;+1/p-1. The zero-order valence-electron chi connectivity index (χ0n) is 28.1. The molecule has 276 valence electrons. The number of aromatic nitrogens is 1. The number of carbonyl (C=O) groups is 1. The molecule has 0 amide bonds. The summed E-state index contributed by atoms with van der Waals surface area (Å²) < 4.78 is 89.5. The number of halogens is 2. The van der Waals surface area contributed by atoms with Crippen LogP contribution in [0.15, 0.2) is 135 Å². The van der Waals surface area contributed by atoms with Crippen LogP contribution >= 0.6 is 0 Å². The molecule has 0 saturated carbocycles. The summed E-state index contributed by atoms with van der Waals surface area (Å²) in [7, 11) is -9.91. The average Bonchev–Trinajstić information content (AvgIpc) is 3.13. The Labute approximate surface area is 302 Å². The van der Waals surface area contributed by atoms with Gasteiger partial charge in [-0.15, -0.1) is 0 Å². The molecule has 0 aliphatic rings. The van der Waals surface area contributed by atoms with Crippen molar-refractivity contribution in [2.24, 2.45) is 0 Å². The fraction of sp³-hybridized carbons (Fsp3) is 0.351. The Morgan fingerprint density at radius 2 is 1.00 bits per heavy atom. The number of rotatable bonds is 20. The lowest BCUT2D eigenvalue weighted by atomic mass is 10.1. The summed E-state index contributed by atoms with van der Waals surface area (Å²) in [5, 5.41) is -5.17. The molecule has 0 unspecified atom stereocenters. The Morgan fingerprint density at radius 3 is 1.39 bits per heavy atom. The molecule has 51 heavy (non-hydrogen) atoms. The van der Waals surface area contributed by atoms with Crippen molar-refractivity contribution in [3.05, 3.63) is 115 Å². The molecule has 0 aliphatic carbocycles. The number of esters is 1. The Bertz CT molecular complexity index is 1690. The van der Waals surface area contributed by atoms with Gasteiger partial charge in [0.15, 0.2) is 29.8 Å². The van der Waals surface area contributed by atoms with E-state index in [9.17, 15) is 35.0 Å². The molecule has 0 bridgehead atoms. The van der Waals surface area contributed by atoms with Gasteiger partial charge >= 0.3 is 21.3 Å². The number of nitrogens with zero attached hydrogens (tertiary/aromatic N) is 1. The SMILES string of the molecule is O=C(OCCCCCCCCCCCCOS(=O)(=O)c1ccccn1)C(F)(F)S(=O)(=O)[O-].c1ccc([S+](c2ccccc2)c2ccccc2)cc1. The Kier molecular flexibility index (Phi) is 17.7. The number of ether oxygens (including phenoxy) is 1. The molecule has 0 spiro atoms. The van der Waals surface area contributed by atoms with Gasteiger partial charge in [-0.1, -0.05) is 112 Å². The van der Waals surface area contributed by atoms with Gasteiger partial charge in [0.25, 0.3) is 0 Å². The van der Waals surface area contributed by atoms with Crippen LogP contribution in [0.5, 0.6) is 0 Å². The lowest BCUT2D eigenvalue weighted by Crippen LogP contribution is -2.39. The van der Waals surface area contributed by atoms with E-state index in [2.05, 4.69) is 101 Å². The first kappa shape index (κ1) is 41.7. The second kappa shape index (κ2) is 21.6. The van der Waals surface area contributed by atoms with Crippen LogP contribution in [0.2, 0.25) is 0 Å². The molecule has 9 nitrogen and oxygen atoms in total. The van der Waals surface area contributed by atoms with Crippen molar-refractivity contribution in [1.82, 2.24) is 4.98 Å². The summed E-state index contributed by atoms with van der Waals surface area (Å²) in [6.07, 6.45) is 9.36. The smallest absolute Gasteiger partial charge is 0.428 e. The van der Waals surface area contributed by atoms with Crippen molar-refractivity contribution < 1.29 is 43.9 Å². The Hall–Kier alpha value is -3.69. The highest BCUT2D eigenvalue weighted by Crippen LogP contribution is 2.30. The highest BCUT2D eigenvalue weighted by Gasteiger charge is 2.48. The predicted molar refractivity (Wildman–Crippen MR) is 191 cm³/mol. The third-order valence-electron chi connectivity index (χ3n) is 7.39. The van der Waals surface area contributed by atoms with E-state index in [1.54, 1.807) is 12.1 Å². The minimum Gasteiger partial charge on any atom is -0.743 e. The number of alkyl halides is 2. The van der Waals surface area contributed by atoms with Crippen LogP contribution in [0.25, 0.3) is 0 Å². The van der Waals surface area contributed by atoms with Gasteiger partial charge in [0.05, 0.1) is 24.1 Å². The first-order valence-corrected chi connectivity index (χ1v) is 20.7. The van der Waals surface area contributed by atoms with Crippen LogP contribution < -0.4 is 0 Å². The van der Waals surface area contributed by atoms with Gasteiger partial charge in [0.1, 0.15) is 0 Å². The molecule has 0 saturated heterocycles. The number of pyridine rings is 1. The van der Waals surface area contributed by atoms with Crippen LogP contribution in [0.4, 0.5) is 8.78 Å². The van der Waals surface area contributed by atoms with Crippen LogP contribution in [0, 0.1) is 0 Å². The van der Waals surface area contributed by atoms with Crippen molar-refractivity contribution in [3.63, 3.8) is 0 Å². The third-order valence-corrected chi connectivity index (χ3v) is 11.6. The van der Waals surface area contributed by atoms with Gasteiger partial charge < -0.3 is 9.29 Å². The van der Waals surface area contributed by atoms with Crippen LogP contribution in [0.3, 0.4) is 0 Å². The molecule has 4 aromatic rings. The van der Waals surface area contributed by atoms with Crippen LogP contribution in [-0.4, -0.2) is 50.8 Å². The summed E-state index contributed by atoms with van der Waals surface area (Å²) in [4.78, 5) is 18.8. The zero-order valence-corrected chi connectivity index (χ0v) is 30.6. The molecule has 4 rings (SSSR count). The Morgan fingerprint density at radius 1 is 0.608 bits per heavy atom. The fourth-order valence-corrected chi connectivity index (χ4v) is 8.03. The van der Waals surface area contributed by atoms with Gasteiger partial charge in [-0.2, -0.15) is 17.2 Å². The van der Waals surface area contributed by atoms with Crippen molar-refractivity contribution in [2.75, 3.05) is 13.2 Å². The molecular weight excluding hydrogens is 721 g/mol. The van der Waals surface area contributed by atoms with Gasteiger partial charge in [0.2, 0.25) is 0 Å². The molecular formula is C37H43F2NO8S3. The van der Waals surface area contributed by atoms with E-state index in [0.29, 0.717) is 19.3 Å². The van der Waals surface area contributed by atoms with Crippen molar-refractivity contribution in [1.29, 1.82) is 0 Å². The summed E-state index contributed by atoms with van der Waals surface area (Å²) >= 11 is 0. The maximum absolute atomic E-state index is 12.9. The average molecular weight is 764 g/mol. The number of benzene rings is 3. The summed E-state index contributed by atoms with van der Waals surface area (Å²) in [6, 6.07) is 36.7. The van der Waals surface area contributed by atoms with Crippen molar-refractivity contribution in [2.45, 2.75) is 89.2 Å². The molecule has 1 aromatic heterocycles. The monoisotopic (exact) mass is 763 g/mol. The lowest BCUT2D eigenvalue weighted by Gasteiger charge is -2.17. The first-order chi connectivity index (χ1) is 24.4. The maximum atomic E-state index is 12.9. The molecule has 0 aliphatic heterocycles. The Balaban J connectivity index is 0.000000310. The molecule has 14 heteroatoms. The quantitative estimate of drug-likeness (QED) is 0.0287. The van der Waals surface area contributed by atoms with Gasteiger partial charge in [0, 0.05) is 6.20 Å². The normalized spacial score (nSPS) is 11.8. The zero-order chi connectivity index (χ0) is 37.0. The highest BCUT2D eigenvalue weighted by molar-refractivity contribution is 7.97. The number of hydrogen-bond donors (Lipinski definition) is 0. The van der Waals surface area contributed by atoms with Crippen molar-refractivity contribution >= 4 is 37.1 Å². The molecule has 3 aromatic carbocycles. The molecule has 0 radical (unpaired) electrons. The lowest BCUT2D eigenvalue weighted by molar-refractivity contribution is -0.161. The fourth-order valence-electron chi connectivity index (χ4n) is 4.77. The van der Waals surface area contributed by atoms with E-state index < -0.39 is 31.5 Å². The minimum absolute atomic E-state index is 0.0146. The van der Waals surface area contributed by atoms with Crippen LogP contribution in [-0.2, 0) is 44.8 Å². The maximum Gasteiger partial charge on any atom is 0.428 e.